The number of rotatable bonds is 12. The van der Waals surface area contributed by atoms with Crippen LogP contribution in [-0.2, 0) is 33.2 Å². The molecular weight excluding hydrogens is 562 g/mol. The van der Waals surface area contributed by atoms with E-state index in [2.05, 4.69) is 31.8 Å². The normalized spacial score (nSPS) is 13.8. The van der Waals surface area contributed by atoms with Crippen molar-refractivity contribution in [2.45, 2.75) is 62.9 Å². The lowest BCUT2D eigenvalue weighted by Gasteiger charge is -2.28. The molecule has 0 spiro atoms. The van der Waals surface area contributed by atoms with Crippen LogP contribution in [-0.4, -0.2) is 61.9 Å². The van der Waals surface area contributed by atoms with E-state index in [0.29, 0.717) is 31.0 Å². The summed E-state index contributed by atoms with van der Waals surface area (Å²) in [5.74, 6) is 0.938. The van der Waals surface area contributed by atoms with Gasteiger partial charge in [-0.15, -0.1) is 0 Å². The Labute approximate surface area is 254 Å². The highest BCUT2D eigenvalue weighted by molar-refractivity contribution is 7.89. The number of nitrogens with one attached hydrogen (secondary N) is 1. The van der Waals surface area contributed by atoms with Gasteiger partial charge < -0.3 is 19.4 Å². The minimum atomic E-state index is -3.86. The third-order valence-electron chi connectivity index (χ3n) is 8.07. The zero-order chi connectivity index (χ0) is 30.8. The second kappa shape index (κ2) is 12.4. The van der Waals surface area contributed by atoms with Crippen molar-refractivity contribution < 1.29 is 22.7 Å². The van der Waals surface area contributed by atoms with Gasteiger partial charge in [0.2, 0.25) is 15.9 Å². The number of hydrogen-bond donors (Lipinski definition) is 1. The third-order valence-corrected chi connectivity index (χ3v) is 9.98. The molecule has 0 saturated heterocycles. The number of methoxy groups -OCH3 is 2. The first kappa shape index (κ1) is 30.6. The standard InChI is InChI=1S/C34H41N3O5S/c1-34(2,3)26-11-15-28(16-12-26)43(39,40)37(27-13-14-27)23-33(38)36(22-24-10-17-31(41-4)32(20-24)42-5)19-18-25-21-35-30-9-7-6-8-29(25)30/h6-12,15-17,20-21,27,35H,13-14,18-19,22-23H2,1-5H3. The molecule has 0 atom stereocenters. The Morgan fingerprint density at radius 2 is 1.65 bits per heavy atom. The summed E-state index contributed by atoms with van der Waals surface area (Å²) in [4.78, 5) is 19.3. The number of amides is 1. The van der Waals surface area contributed by atoms with Gasteiger partial charge >= 0.3 is 0 Å². The van der Waals surface area contributed by atoms with Crippen molar-refractivity contribution in [1.82, 2.24) is 14.2 Å². The summed E-state index contributed by atoms with van der Waals surface area (Å²) in [7, 11) is -0.705. The summed E-state index contributed by atoms with van der Waals surface area (Å²) in [6, 6.07) is 20.5. The molecule has 8 nitrogen and oxygen atoms in total. The van der Waals surface area contributed by atoms with Gasteiger partial charge in [-0.2, -0.15) is 4.31 Å². The van der Waals surface area contributed by atoms with E-state index in [0.717, 1.165) is 40.4 Å². The van der Waals surface area contributed by atoms with Crippen molar-refractivity contribution in [3.05, 3.63) is 89.6 Å². The SMILES string of the molecule is COc1ccc(CN(CCc2c[nH]c3ccccc23)C(=O)CN(C2CC2)S(=O)(=O)c2ccc(C(C)(C)C)cc2)cc1OC. The molecule has 4 aromatic rings. The van der Waals surface area contributed by atoms with E-state index >= 15 is 0 Å². The number of carbonyl (C=O) groups excluding carboxylic acids is 1. The summed E-state index contributed by atoms with van der Waals surface area (Å²) in [6.45, 7) is 6.79. The first-order chi connectivity index (χ1) is 20.5. The fraction of sp³-hybridized carbons (Fsp3) is 0.382. The number of benzene rings is 3. The molecule has 1 N–H and O–H groups in total. The number of aromatic amines is 1. The molecule has 0 bridgehead atoms. The Hall–Kier alpha value is -3.82. The topological polar surface area (TPSA) is 91.9 Å². The zero-order valence-corrected chi connectivity index (χ0v) is 26.4. The molecule has 1 fully saturated rings. The lowest BCUT2D eigenvalue weighted by atomic mass is 9.87. The number of nitrogens with zero attached hydrogens (tertiary/aromatic N) is 2. The average Bonchev–Trinajstić information content (AvgIpc) is 3.76. The van der Waals surface area contributed by atoms with Crippen LogP contribution in [0.25, 0.3) is 10.9 Å². The number of carbonyl (C=O) groups is 1. The van der Waals surface area contributed by atoms with Gasteiger partial charge in [-0.05, 0) is 71.7 Å². The number of H-pyrrole nitrogens is 1. The van der Waals surface area contributed by atoms with E-state index in [1.54, 1.807) is 31.3 Å². The van der Waals surface area contributed by atoms with E-state index in [-0.39, 0.29) is 28.8 Å². The van der Waals surface area contributed by atoms with Crippen LogP contribution in [0.5, 0.6) is 11.5 Å². The summed E-state index contributed by atoms with van der Waals surface area (Å²) in [6.07, 6.45) is 4.09. The quantitative estimate of drug-likeness (QED) is 0.218. The Kier molecular flexibility index (Phi) is 8.85. The molecule has 1 heterocycles. The van der Waals surface area contributed by atoms with E-state index < -0.39 is 10.0 Å². The Balaban J connectivity index is 1.41. The smallest absolute Gasteiger partial charge is 0.243 e. The van der Waals surface area contributed by atoms with Crippen LogP contribution in [0.4, 0.5) is 0 Å². The highest BCUT2D eigenvalue weighted by Gasteiger charge is 2.40. The van der Waals surface area contributed by atoms with Crippen LogP contribution >= 0.6 is 0 Å². The molecule has 9 heteroatoms. The molecule has 43 heavy (non-hydrogen) atoms. The molecule has 5 rings (SSSR count). The second-order valence-corrected chi connectivity index (χ2v) is 14.1. The summed E-state index contributed by atoms with van der Waals surface area (Å²) < 4.78 is 40.0. The second-order valence-electron chi connectivity index (χ2n) is 12.2. The highest BCUT2D eigenvalue weighted by Crippen LogP contribution is 2.33. The maximum Gasteiger partial charge on any atom is 0.243 e. The Morgan fingerprint density at radius 3 is 2.30 bits per heavy atom. The van der Waals surface area contributed by atoms with Crippen molar-refractivity contribution in [2.24, 2.45) is 0 Å². The van der Waals surface area contributed by atoms with E-state index in [1.807, 2.05) is 54.7 Å². The van der Waals surface area contributed by atoms with Gasteiger partial charge in [-0.25, -0.2) is 8.42 Å². The average molecular weight is 604 g/mol. The van der Waals surface area contributed by atoms with Crippen LogP contribution in [0.3, 0.4) is 0 Å². The number of aromatic nitrogens is 1. The number of fused-ring (bicyclic) bond motifs is 1. The maximum absolute atomic E-state index is 14.0. The number of para-hydroxylation sites is 1. The van der Waals surface area contributed by atoms with Gasteiger partial charge in [-0.3, -0.25) is 4.79 Å². The van der Waals surface area contributed by atoms with Gasteiger partial charge in [0.1, 0.15) is 0 Å². The molecule has 1 saturated carbocycles. The van der Waals surface area contributed by atoms with Crippen molar-refractivity contribution in [3.8, 4) is 11.5 Å². The summed E-state index contributed by atoms with van der Waals surface area (Å²) in [5.41, 5.74) is 3.97. The number of hydrogen-bond acceptors (Lipinski definition) is 5. The van der Waals surface area contributed by atoms with Gasteiger partial charge in [-0.1, -0.05) is 57.2 Å². The molecule has 3 aromatic carbocycles. The predicted octanol–water partition coefficient (Wildman–Crippen LogP) is 5.91. The van der Waals surface area contributed by atoms with Crippen LogP contribution in [0.2, 0.25) is 0 Å². The van der Waals surface area contributed by atoms with Crippen molar-refractivity contribution in [3.63, 3.8) is 0 Å². The first-order valence-electron chi connectivity index (χ1n) is 14.7. The minimum Gasteiger partial charge on any atom is -0.493 e. The molecule has 0 unspecified atom stereocenters. The van der Waals surface area contributed by atoms with Gasteiger partial charge in [0, 0.05) is 36.2 Å². The van der Waals surface area contributed by atoms with Crippen LogP contribution in [0.1, 0.15) is 50.3 Å². The molecular formula is C34H41N3O5S. The van der Waals surface area contributed by atoms with Crippen molar-refractivity contribution >= 4 is 26.8 Å². The van der Waals surface area contributed by atoms with Crippen molar-refractivity contribution in [2.75, 3.05) is 27.3 Å². The van der Waals surface area contributed by atoms with Crippen LogP contribution in [0.15, 0.2) is 77.8 Å². The molecule has 1 aliphatic rings. The molecule has 1 aromatic heterocycles. The predicted molar refractivity (Wildman–Crippen MR) is 169 cm³/mol. The number of sulfonamides is 1. The fourth-order valence-corrected chi connectivity index (χ4v) is 6.99. The first-order valence-corrected chi connectivity index (χ1v) is 16.1. The summed E-state index contributed by atoms with van der Waals surface area (Å²) in [5, 5.41) is 1.11. The number of ether oxygens (including phenoxy) is 2. The van der Waals surface area contributed by atoms with E-state index in [1.165, 1.54) is 4.31 Å². The minimum absolute atomic E-state index is 0.0934. The fourth-order valence-electron chi connectivity index (χ4n) is 5.35. The van der Waals surface area contributed by atoms with Gasteiger partial charge in [0.15, 0.2) is 11.5 Å². The van der Waals surface area contributed by atoms with Crippen LogP contribution in [0, 0.1) is 0 Å². The Morgan fingerprint density at radius 1 is 0.953 bits per heavy atom. The Bertz CT molecular complexity index is 1690. The molecule has 1 aliphatic carbocycles. The van der Waals surface area contributed by atoms with E-state index in [4.69, 9.17) is 9.47 Å². The third kappa shape index (κ3) is 6.89. The molecule has 0 radical (unpaired) electrons. The molecule has 1 amide bonds. The van der Waals surface area contributed by atoms with E-state index in [9.17, 15) is 13.2 Å². The van der Waals surface area contributed by atoms with Crippen molar-refractivity contribution in [1.29, 1.82) is 0 Å². The molecule has 228 valence electrons. The van der Waals surface area contributed by atoms with Gasteiger partial charge in [0.25, 0.3) is 0 Å². The highest BCUT2D eigenvalue weighted by atomic mass is 32.2. The molecule has 0 aliphatic heterocycles. The maximum atomic E-state index is 14.0. The monoisotopic (exact) mass is 603 g/mol. The van der Waals surface area contributed by atoms with Crippen LogP contribution < -0.4 is 9.47 Å². The lowest BCUT2D eigenvalue weighted by molar-refractivity contribution is -0.132. The lowest BCUT2D eigenvalue weighted by Crippen LogP contribution is -2.44. The largest absolute Gasteiger partial charge is 0.493 e. The summed E-state index contributed by atoms with van der Waals surface area (Å²) >= 11 is 0. The zero-order valence-electron chi connectivity index (χ0n) is 25.6. The van der Waals surface area contributed by atoms with Gasteiger partial charge in [0.05, 0.1) is 25.7 Å².